The molecule has 174 valence electrons. The quantitative estimate of drug-likeness (QED) is 0.427. The molecule has 4 nitrogen and oxygen atoms in total. The Morgan fingerprint density at radius 2 is 1.68 bits per heavy atom. The minimum Gasteiger partial charge on any atom is -0.378 e. The maximum Gasteiger partial charge on any atom is 0.258 e. The number of carbonyl (C=O) groups excluding carboxylic acids is 1. The molecule has 0 spiro atoms. The van der Waals surface area contributed by atoms with E-state index in [9.17, 15) is 4.79 Å². The van der Waals surface area contributed by atoms with Crippen molar-refractivity contribution in [3.63, 3.8) is 0 Å². The summed E-state index contributed by atoms with van der Waals surface area (Å²) in [5, 5.41) is 3.81. The van der Waals surface area contributed by atoms with E-state index in [4.69, 9.17) is 0 Å². The van der Waals surface area contributed by atoms with Crippen LogP contribution in [0.1, 0.15) is 53.7 Å². The fourth-order valence-electron chi connectivity index (χ4n) is 5.50. The smallest absolute Gasteiger partial charge is 0.258 e. The van der Waals surface area contributed by atoms with Gasteiger partial charge in [-0.3, -0.25) is 4.79 Å². The molecule has 4 heteroatoms. The highest BCUT2D eigenvalue weighted by Gasteiger charge is 2.38. The van der Waals surface area contributed by atoms with Gasteiger partial charge in [0.05, 0.1) is 6.04 Å². The first-order valence-electron chi connectivity index (χ1n) is 12.4. The third-order valence-corrected chi connectivity index (χ3v) is 7.44. The number of hydrogen-bond acceptors (Lipinski definition) is 3. The highest BCUT2D eigenvalue weighted by Crippen LogP contribution is 2.50. The summed E-state index contributed by atoms with van der Waals surface area (Å²) in [6, 6.07) is 25.2. The molecule has 2 aliphatic rings. The van der Waals surface area contributed by atoms with Crippen molar-refractivity contribution in [3.8, 4) is 0 Å². The Labute approximate surface area is 202 Å². The van der Waals surface area contributed by atoms with Crippen LogP contribution < -0.4 is 15.1 Å². The minimum absolute atomic E-state index is 0.0154. The van der Waals surface area contributed by atoms with E-state index >= 15 is 0 Å². The van der Waals surface area contributed by atoms with Gasteiger partial charge in [-0.2, -0.15) is 0 Å². The summed E-state index contributed by atoms with van der Waals surface area (Å²) >= 11 is 0. The van der Waals surface area contributed by atoms with Gasteiger partial charge < -0.3 is 15.1 Å². The first-order valence-corrected chi connectivity index (χ1v) is 12.4. The number of allylic oxidation sites excluding steroid dienone is 2. The molecule has 0 aromatic heterocycles. The molecular formula is C30H33N3O. The largest absolute Gasteiger partial charge is 0.378 e. The predicted octanol–water partition coefficient (Wildman–Crippen LogP) is 6.64. The zero-order valence-electron chi connectivity index (χ0n) is 20.2. The summed E-state index contributed by atoms with van der Waals surface area (Å²) in [7, 11) is 1.84. The number of benzene rings is 3. The van der Waals surface area contributed by atoms with Crippen LogP contribution in [-0.2, 0) is 0 Å². The average molecular weight is 452 g/mol. The Morgan fingerprint density at radius 1 is 0.941 bits per heavy atom. The van der Waals surface area contributed by atoms with Gasteiger partial charge in [-0.25, -0.2) is 0 Å². The van der Waals surface area contributed by atoms with Crippen LogP contribution >= 0.6 is 0 Å². The van der Waals surface area contributed by atoms with E-state index in [1.54, 1.807) is 4.90 Å². The molecule has 0 saturated carbocycles. The normalized spacial score (nSPS) is 20.3. The van der Waals surface area contributed by atoms with E-state index in [2.05, 4.69) is 72.6 Å². The maximum atomic E-state index is 13.2. The van der Waals surface area contributed by atoms with Gasteiger partial charge in [0.25, 0.3) is 5.91 Å². The molecule has 1 heterocycles. The first-order chi connectivity index (χ1) is 16.6. The van der Waals surface area contributed by atoms with Gasteiger partial charge in [-0.1, -0.05) is 42.5 Å². The number of rotatable bonds is 6. The summed E-state index contributed by atoms with van der Waals surface area (Å²) in [4.78, 5) is 17.3. The van der Waals surface area contributed by atoms with E-state index in [0.717, 1.165) is 36.4 Å². The lowest BCUT2D eigenvalue weighted by atomic mass is 9.76. The summed E-state index contributed by atoms with van der Waals surface area (Å²) in [6.07, 6.45) is 5.67. The van der Waals surface area contributed by atoms with Gasteiger partial charge in [0.15, 0.2) is 0 Å². The average Bonchev–Trinajstić information content (AvgIpc) is 3.39. The van der Waals surface area contributed by atoms with Gasteiger partial charge in [0.2, 0.25) is 0 Å². The Kier molecular flexibility index (Phi) is 6.14. The van der Waals surface area contributed by atoms with E-state index in [0.29, 0.717) is 11.8 Å². The van der Waals surface area contributed by atoms with Crippen molar-refractivity contribution in [2.24, 2.45) is 5.92 Å². The molecule has 0 saturated heterocycles. The lowest BCUT2D eigenvalue weighted by Gasteiger charge is -2.38. The second-order valence-corrected chi connectivity index (χ2v) is 9.24. The Hall–Kier alpha value is -3.53. The van der Waals surface area contributed by atoms with Gasteiger partial charge in [-0.05, 0) is 79.8 Å². The van der Waals surface area contributed by atoms with Gasteiger partial charge in [0.1, 0.15) is 0 Å². The third kappa shape index (κ3) is 3.98. The molecule has 3 atom stereocenters. The second-order valence-electron chi connectivity index (χ2n) is 9.24. The third-order valence-electron chi connectivity index (χ3n) is 7.44. The van der Waals surface area contributed by atoms with Crippen LogP contribution in [0.15, 0.2) is 84.9 Å². The number of nitrogens with one attached hydrogen (secondary N) is 1. The SMILES string of the molecule is CCN(CC)c1ccc(C2Nc3ccc(C(=O)N(C)c4ccccc4)cc3C3C=CCC32)cc1. The predicted molar refractivity (Wildman–Crippen MR) is 142 cm³/mol. The fraction of sp³-hybridized carbons (Fsp3) is 0.300. The van der Waals surface area contributed by atoms with Gasteiger partial charge in [-0.15, -0.1) is 0 Å². The number of nitrogens with zero attached hydrogens (tertiary/aromatic N) is 2. The van der Waals surface area contributed by atoms with E-state index in [1.165, 1.54) is 16.8 Å². The van der Waals surface area contributed by atoms with Gasteiger partial charge >= 0.3 is 0 Å². The van der Waals surface area contributed by atoms with E-state index < -0.39 is 0 Å². The highest BCUT2D eigenvalue weighted by atomic mass is 16.2. The number of amides is 1. The van der Waals surface area contributed by atoms with Gasteiger partial charge in [0, 0.05) is 48.7 Å². The van der Waals surface area contributed by atoms with E-state index in [-0.39, 0.29) is 11.9 Å². The number of fused-ring (bicyclic) bond motifs is 3. The number of carbonyl (C=O) groups is 1. The van der Waals surface area contributed by atoms with Crippen LogP contribution in [0.5, 0.6) is 0 Å². The summed E-state index contributed by atoms with van der Waals surface area (Å²) in [5.41, 5.74) is 6.58. The zero-order valence-corrected chi connectivity index (χ0v) is 20.2. The molecule has 5 rings (SSSR count). The van der Waals surface area contributed by atoms with Crippen molar-refractivity contribution in [1.82, 2.24) is 0 Å². The molecular weight excluding hydrogens is 418 g/mol. The molecule has 3 unspecified atom stereocenters. The molecule has 0 fully saturated rings. The second kappa shape index (κ2) is 9.38. The summed E-state index contributed by atoms with van der Waals surface area (Å²) in [6.45, 7) is 6.42. The van der Waals surface area contributed by atoms with Crippen molar-refractivity contribution < 1.29 is 4.79 Å². The molecule has 3 aromatic rings. The molecule has 1 aliphatic heterocycles. The van der Waals surface area contributed by atoms with E-state index in [1.807, 2.05) is 43.4 Å². The maximum absolute atomic E-state index is 13.2. The van der Waals surface area contributed by atoms with Crippen molar-refractivity contribution in [1.29, 1.82) is 0 Å². The number of anilines is 3. The standard InChI is InChI=1S/C30H33N3O/c1-4-33(5-2)24-17-14-21(15-18-24)29-26-13-9-12-25(26)27-20-22(16-19-28(27)31-29)30(34)32(3)23-10-7-6-8-11-23/h6-12,14-20,25-26,29,31H,4-5,13H2,1-3H3. The monoisotopic (exact) mass is 451 g/mol. The van der Waals surface area contributed by atoms with Crippen LogP contribution in [-0.4, -0.2) is 26.0 Å². The molecule has 34 heavy (non-hydrogen) atoms. The summed E-state index contributed by atoms with van der Waals surface area (Å²) < 4.78 is 0. The highest BCUT2D eigenvalue weighted by molar-refractivity contribution is 6.06. The van der Waals surface area contributed by atoms with Crippen LogP contribution in [0.2, 0.25) is 0 Å². The topological polar surface area (TPSA) is 35.6 Å². The minimum atomic E-state index is 0.0154. The van der Waals surface area contributed by atoms with Crippen LogP contribution in [0, 0.1) is 5.92 Å². The van der Waals surface area contributed by atoms with Crippen molar-refractivity contribution in [3.05, 3.63) is 102 Å². The molecule has 1 amide bonds. The Bertz CT molecular complexity index is 1180. The molecule has 1 aliphatic carbocycles. The fourth-order valence-corrected chi connectivity index (χ4v) is 5.50. The van der Waals surface area contributed by atoms with Crippen LogP contribution in [0.4, 0.5) is 17.1 Å². The lowest BCUT2D eigenvalue weighted by molar-refractivity contribution is 0.0993. The Morgan fingerprint density at radius 3 is 2.38 bits per heavy atom. The molecule has 0 bridgehead atoms. The number of para-hydroxylation sites is 1. The van der Waals surface area contributed by atoms with Crippen molar-refractivity contribution in [2.45, 2.75) is 32.2 Å². The van der Waals surface area contributed by atoms with Crippen molar-refractivity contribution in [2.75, 3.05) is 35.3 Å². The van der Waals surface area contributed by atoms with Crippen LogP contribution in [0.25, 0.3) is 0 Å². The summed E-state index contributed by atoms with van der Waals surface area (Å²) in [5.74, 6) is 0.782. The lowest BCUT2D eigenvalue weighted by Crippen LogP contribution is -2.30. The molecule has 0 radical (unpaired) electrons. The molecule has 1 N–H and O–H groups in total. The number of hydrogen-bond donors (Lipinski definition) is 1. The first kappa shape index (κ1) is 22.3. The molecule has 3 aromatic carbocycles. The zero-order chi connectivity index (χ0) is 23.7. The Balaban J connectivity index is 1.42. The van der Waals surface area contributed by atoms with Crippen LogP contribution in [0.3, 0.4) is 0 Å². The van der Waals surface area contributed by atoms with Crippen molar-refractivity contribution >= 4 is 23.0 Å².